The summed E-state index contributed by atoms with van der Waals surface area (Å²) < 4.78 is 5.71. The van der Waals surface area contributed by atoms with Crippen LogP contribution in [0.5, 0.6) is 5.75 Å². The second-order valence-corrected chi connectivity index (χ2v) is 8.02. The van der Waals surface area contributed by atoms with Crippen molar-refractivity contribution in [3.63, 3.8) is 0 Å². The molecular formula is C26H26N2O3. The first-order valence-corrected chi connectivity index (χ1v) is 10.8. The molecule has 3 aromatic rings. The minimum atomic E-state index is -0.434. The number of carbonyl (C=O) groups excluding carboxylic acids is 2. The zero-order valence-electron chi connectivity index (χ0n) is 17.6. The maximum Gasteiger partial charge on any atom is 0.343 e. The normalized spacial score (nSPS) is 14.6. The van der Waals surface area contributed by atoms with Crippen LogP contribution in [0.15, 0.2) is 65.8 Å². The summed E-state index contributed by atoms with van der Waals surface area (Å²) in [6.45, 7) is 1.97. The molecule has 31 heavy (non-hydrogen) atoms. The molecule has 1 aliphatic carbocycles. The van der Waals surface area contributed by atoms with Crippen LogP contribution in [0.4, 0.5) is 0 Å². The van der Waals surface area contributed by atoms with Crippen LogP contribution in [0.25, 0.3) is 10.8 Å². The maximum atomic E-state index is 12.7. The highest BCUT2D eigenvalue weighted by atomic mass is 16.5. The number of rotatable bonds is 5. The van der Waals surface area contributed by atoms with Crippen molar-refractivity contribution in [3.8, 4) is 5.75 Å². The van der Waals surface area contributed by atoms with Crippen LogP contribution in [-0.4, -0.2) is 18.1 Å². The molecular weight excluding hydrogens is 388 g/mol. The summed E-state index contributed by atoms with van der Waals surface area (Å²) in [6, 6.07) is 18.7. The summed E-state index contributed by atoms with van der Waals surface area (Å²) in [5.74, 6) is -0.0530. The average molecular weight is 415 g/mol. The Bertz CT molecular complexity index is 1110. The molecule has 5 nitrogen and oxygen atoms in total. The highest BCUT2D eigenvalue weighted by Gasteiger charge is 2.20. The highest BCUT2D eigenvalue weighted by molar-refractivity contribution is 6.04. The lowest BCUT2D eigenvalue weighted by molar-refractivity contribution is -0.125. The Morgan fingerprint density at radius 2 is 1.71 bits per heavy atom. The summed E-state index contributed by atoms with van der Waals surface area (Å²) in [5, 5.41) is 6.10. The van der Waals surface area contributed by atoms with Gasteiger partial charge in [-0.25, -0.2) is 10.2 Å². The number of hydrogen-bond acceptors (Lipinski definition) is 4. The number of ether oxygens (including phenoxy) is 1. The van der Waals surface area contributed by atoms with Gasteiger partial charge in [0, 0.05) is 11.5 Å². The molecule has 1 saturated carbocycles. The molecule has 3 aromatic carbocycles. The van der Waals surface area contributed by atoms with Crippen LogP contribution in [0.3, 0.4) is 0 Å². The van der Waals surface area contributed by atoms with E-state index in [1.54, 1.807) is 24.4 Å². The number of esters is 1. The number of aryl methyl sites for hydroxylation is 1. The number of nitrogens with one attached hydrogen (secondary N) is 1. The van der Waals surface area contributed by atoms with Crippen LogP contribution in [-0.2, 0) is 4.79 Å². The van der Waals surface area contributed by atoms with E-state index in [4.69, 9.17) is 4.74 Å². The first kappa shape index (κ1) is 20.8. The molecule has 0 bridgehead atoms. The third-order valence-corrected chi connectivity index (χ3v) is 5.76. The minimum absolute atomic E-state index is 0.0252. The van der Waals surface area contributed by atoms with Crippen molar-refractivity contribution in [2.45, 2.75) is 39.0 Å². The van der Waals surface area contributed by atoms with Gasteiger partial charge in [0.25, 0.3) is 0 Å². The van der Waals surface area contributed by atoms with E-state index in [-0.39, 0.29) is 11.8 Å². The number of amides is 1. The molecule has 0 unspecified atom stereocenters. The van der Waals surface area contributed by atoms with Crippen molar-refractivity contribution >= 4 is 28.9 Å². The summed E-state index contributed by atoms with van der Waals surface area (Å²) in [7, 11) is 0. The second-order valence-electron chi connectivity index (χ2n) is 8.02. The molecule has 0 radical (unpaired) electrons. The lowest BCUT2D eigenvalue weighted by atomic mass is 9.89. The Kier molecular flexibility index (Phi) is 6.41. The van der Waals surface area contributed by atoms with Gasteiger partial charge < -0.3 is 4.74 Å². The van der Waals surface area contributed by atoms with Gasteiger partial charge in [-0.3, -0.25) is 4.79 Å². The van der Waals surface area contributed by atoms with Crippen LogP contribution in [0.1, 0.15) is 53.6 Å². The zero-order chi connectivity index (χ0) is 21.6. The Balaban J connectivity index is 1.58. The monoisotopic (exact) mass is 414 g/mol. The quantitative estimate of drug-likeness (QED) is 0.263. The standard InChI is InChI=1S/C26H26N2O3/c1-18-11-13-21(14-12-18)26(30)31-24-16-15-19-7-5-6-10-22(19)23(24)17-27-28-25(29)20-8-3-2-4-9-20/h5-7,10-17,20H,2-4,8-9H2,1H3,(H,28,29)/b27-17+. The van der Waals surface area contributed by atoms with Crippen LogP contribution >= 0.6 is 0 Å². The van der Waals surface area contributed by atoms with E-state index in [1.807, 2.05) is 49.4 Å². The molecule has 0 atom stereocenters. The van der Waals surface area contributed by atoms with E-state index in [0.29, 0.717) is 16.9 Å². The molecule has 0 aliphatic heterocycles. The zero-order valence-corrected chi connectivity index (χ0v) is 17.6. The SMILES string of the molecule is Cc1ccc(C(=O)Oc2ccc3ccccc3c2/C=N/NC(=O)C2CCCCC2)cc1. The molecule has 158 valence electrons. The lowest BCUT2D eigenvalue weighted by Gasteiger charge is -2.19. The Labute approximate surface area is 182 Å². The predicted octanol–water partition coefficient (Wildman–Crippen LogP) is 5.40. The van der Waals surface area contributed by atoms with E-state index in [2.05, 4.69) is 10.5 Å². The number of fused-ring (bicyclic) bond motifs is 1. The Hall–Kier alpha value is -3.47. The van der Waals surface area contributed by atoms with Gasteiger partial charge in [0.1, 0.15) is 5.75 Å². The molecule has 1 fully saturated rings. The topological polar surface area (TPSA) is 67.8 Å². The van der Waals surface area contributed by atoms with Crippen molar-refractivity contribution in [1.29, 1.82) is 0 Å². The van der Waals surface area contributed by atoms with Gasteiger partial charge in [0.05, 0.1) is 11.8 Å². The molecule has 0 heterocycles. The fourth-order valence-corrected chi connectivity index (χ4v) is 3.96. The average Bonchev–Trinajstić information content (AvgIpc) is 2.81. The van der Waals surface area contributed by atoms with Gasteiger partial charge in [0.15, 0.2) is 0 Å². The summed E-state index contributed by atoms with van der Waals surface area (Å²) in [4.78, 5) is 25.1. The van der Waals surface area contributed by atoms with Gasteiger partial charge in [-0.05, 0) is 48.7 Å². The van der Waals surface area contributed by atoms with Gasteiger partial charge in [0.2, 0.25) is 5.91 Å². The fourth-order valence-electron chi connectivity index (χ4n) is 3.96. The third kappa shape index (κ3) is 5.00. The highest BCUT2D eigenvalue weighted by Crippen LogP contribution is 2.28. The first-order valence-electron chi connectivity index (χ1n) is 10.8. The molecule has 1 amide bonds. The largest absolute Gasteiger partial charge is 0.422 e. The summed E-state index contributed by atoms with van der Waals surface area (Å²) in [6.07, 6.45) is 6.76. The predicted molar refractivity (Wildman–Crippen MR) is 122 cm³/mol. The summed E-state index contributed by atoms with van der Waals surface area (Å²) in [5.41, 5.74) is 4.88. The second kappa shape index (κ2) is 9.56. The van der Waals surface area contributed by atoms with E-state index < -0.39 is 5.97 Å². The van der Waals surface area contributed by atoms with Crippen LogP contribution in [0, 0.1) is 12.8 Å². The van der Waals surface area contributed by atoms with Crippen molar-refractivity contribution < 1.29 is 14.3 Å². The lowest BCUT2D eigenvalue weighted by Crippen LogP contribution is -2.28. The van der Waals surface area contributed by atoms with E-state index in [1.165, 1.54) is 6.42 Å². The molecule has 5 heteroatoms. The Morgan fingerprint density at radius 1 is 0.968 bits per heavy atom. The van der Waals surface area contributed by atoms with Crippen molar-refractivity contribution in [2.24, 2.45) is 11.0 Å². The Morgan fingerprint density at radius 3 is 2.48 bits per heavy atom. The molecule has 1 aliphatic rings. The number of hydrogen-bond donors (Lipinski definition) is 1. The number of benzene rings is 3. The van der Waals surface area contributed by atoms with Crippen LogP contribution < -0.4 is 10.2 Å². The molecule has 0 aromatic heterocycles. The summed E-state index contributed by atoms with van der Waals surface area (Å²) >= 11 is 0. The van der Waals surface area contributed by atoms with E-state index in [0.717, 1.165) is 42.0 Å². The minimum Gasteiger partial charge on any atom is -0.422 e. The van der Waals surface area contributed by atoms with Gasteiger partial charge in [-0.2, -0.15) is 5.10 Å². The van der Waals surface area contributed by atoms with Crippen LogP contribution in [0.2, 0.25) is 0 Å². The number of carbonyl (C=O) groups is 2. The molecule has 0 saturated heterocycles. The van der Waals surface area contributed by atoms with Gasteiger partial charge >= 0.3 is 5.97 Å². The van der Waals surface area contributed by atoms with Crippen molar-refractivity contribution in [1.82, 2.24) is 5.43 Å². The number of hydrazone groups is 1. The van der Waals surface area contributed by atoms with Crippen molar-refractivity contribution in [3.05, 3.63) is 77.4 Å². The maximum absolute atomic E-state index is 12.7. The molecule has 4 rings (SSSR count). The first-order chi connectivity index (χ1) is 15.1. The molecule has 0 spiro atoms. The molecule has 1 N–H and O–H groups in total. The van der Waals surface area contributed by atoms with E-state index >= 15 is 0 Å². The number of nitrogens with zero attached hydrogens (tertiary/aromatic N) is 1. The smallest absolute Gasteiger partial charge is 0.343 e. The van der Waals surface area contributed by atoms with Crippen molar-refractivity contribution in [2.75, 3.05) is 0 Å². The van der Waals surface area contributed by atoms with Gasteiger partial charge in [-0.1, -0.05) is 67.3 Å². The van der Waals surface area contributed by atoms with E-state index in [9.17, 15) is 9.59 Å². The van der Waals surface area contributed by atoms with Gasteiger partial charge in [-0.15, -0.1) is 0 Å². The fraction of sp³-hybridized carbons (Fsp3) is 0.269. The third-order valence-electron chi connectivity index (χ3n) is 5.76.